The van der Waals surface area contributed by atoms with E-state index in [9.17, 15) is 14.4 Å². The number of nitrogens with zero attached hydrogens (tertiary/aromatic N) is 1. The lowest BCUT2D eigenvalue weighted by molar-refractivity contribution is -0.145. The molecule has 1 heterocycles. The van der Waals surface area contributed by atoms with Gasteiger partial charge >= 0.3 is 18.0 Å². The molecule has 8 nitrogen and oxygen atoms in total. The average molecular weight is 301 g/mol. The molecule has 2 amide bonds. The number of carbonyl (C=O) groups is 3. The van der Waals surface area contributed by atoms with Crippen LogP contribution in [0.1, 0.15) is 26.2 Å². The zero-order valence-electron chi connectivity index (χ0n) is 12.2. The van der Waals surface area contributed by atoms with Crippen molar-refractivity contribution in [3.05, 3.63) is 0 Å². The van der Waals surface area contributed by atoms with Crippen molar-refractivity contribution < 1.29 is 24.6 Å². The van der Waals surface area contributed by atoms with Gasteiger partial charge in [0.05, 0.1) is 6.42 Å². The number of nitrogens with one attached hydrogen (secondary N) is 2. The summed E-state index contributed by atoms with van der Waals surface area (Å²) in [4.78, 5) is 35.3. The van der Waals surface area contributed by atoms with Crippen LogP contribution in [0, 0.1) is 5.92 Å². The number of piperidine rings is 1. The highest BCUT2D eigenvalue weighted by atomic mass is 16.4. The Hall–Kier alpha value is -1.83. The summed E-state index contributed by atoms with van der Waals surface area (Å²) in [6.07, 6.45) is 1.34. The molecule has 1 saturated heterocycles. The molecule has 0 spiro atoms. The van der Waals surface area contributed by atoms with Gasteiger partial charge in [0, 0.05) is 6.54 Å². The fraction of sp³-hybridized carbons (Fsp3) is 0.769. The van der Waals surface area contributed by atoms with Crippen molar-refractivity contribution >= 4 is 18.0 Å². The van der Waals surface area contributed by atoms with Gasteiger partial charge in [0.1, 0.15) is 6.04 Å². The second-order valence-corrected chi connectivity index (χ2v) is 5.22. The molecule has 8 heteroatoms. The zero-order valence-corrected chi connectivity index (χ0v) is 12.2. The highest BCUT2D eigenvalue weighted by Gasteiger charge is 2.24. The van der Waals surface area contributed by atoms with Crippen LogP contribution in [0.3, 0.4) is 0 Å². The lowest BCUT2D eigenvalue weighted by atomic mass is 9.97. The fourth-order valence-electron chi connectivity index (χ4n) is 2.33. The maximum Gasteiger partial charge on any atom is 0.326 e. The molecule has 4 N–H and O–H groups in total. The molecule has 1 aliphatic heterocycles. The number of carboxylic acid groups (broad SMARTS) is 2. The van der Waals surface area contributed by atoms with E-state index in [1.807, 2.05) is 0 Å². The topological polar surface area (TPSA) is 119 Å². The molecule has 0 radical (unpaired) electrons. The Balaban J connectivity index is 2.30. The van der Waals surface area contributed by atoms with Gasteiger partial charge in [-0.3, -0.25) is 4.79 Å². The minimum atomic E-state index is -1.41. The predicted octanol–water partition coefficient (Wildman–Crippen LogP) is -0.0546. The molecule has 0 aromatic heterocycles. The van der Waals surface area contributed by atoms with E-state index in [-0.39, 0.29) is 0 Å². The maximum atomic E-state index is 11.6. The predicted molar refractivity (Wildman–Crippen MR) is 75.0 cm³/mol. The Morgan fingerprint density at radius 2 is 1.86 bits per heavy atom. The Kier molecular flexibility index (Phi) is 6.93. The van der Waals surface area contributed by atoms with Gasteiger partial charge in [0.2, 0.25) is 0 Å². The third kappa shape index (κ3) is 6.44. The van der Waals surface area contributed by atoms with Crippen LogP contribution in [0.25, 0.3) is 0 Å². The molecular formula is C13H23N3O5. The molecule has 0 saturated carbocycles. The van der Waals surface area contributed by atoms with Crippen molar-refractivity contribution in [2.45, 2.75) is 32.2 Å². The van der Waals surface area contributed by atoms with Crippen molar-refractivity contribution in [2.24, 2.45) is 5.92 Å². The Labute approximate surface area is 123 Å². The largest absolute Gasteiger partial charge is 0.481 e. The van der Waals surface area contributed by atoms with Gasteiger partial charge in [-0.25, -0.2) is 9.59 Å². The Morgan fingerprint density at radius 1 is 1.24 bits per heavy atom. The first-order valence-corrected chi connectivity index (χ1v) is 7.13. The lowest BCUT2D eigenvalue weighted by Crippen LogP contribution is -2.48. The van der Waals surface area contributed by atoms with E-state index in [0.29, 0.717) is 12.5 Å². The lowest BCUT2D eigenvalue weighted by Gasteiger charge is -2.31. The molecule has 1 rings (SSSR count). The third-order valence-corrected chi connectivity index (χ3v) is 3.69. The van der Waals surface area contributed by atoms with E-state index in [1.54, 1.807) is 0 Å². The first-order chi connectivity index (χ1) is 9.92. The molecule has 1 aliphatic rings. The van der Waals surface area contributed by atoms with Crippen LogP contribution in [0.15, 0.2) is 0 Å². The standard InChI is InChI=1S/C13H23N3O5/c1-2-16-5-3-9(4-6-16)8-14-13(21)15-10(12(19)20)7-11(17)18/h9-10H,2-8H2,1H3,(H,17,18)(H,19,20)(H2,14,15,21)/t10-/m0/s1. The monoisotopic (exact) mass is 301 g/mol. The number of carbonyl (C=O) groups excluding carboxylic acids is 1. The minimum absolute atomic E-state index is 0.376. The smallest absolute Gasteiger partial charge is 0.326 e. The normalized spacial score (nSPS) is 18.0. The third-order valence-electron chi connectivity index (χ3n) is 3.69. The SMILES string of the molecule is CCN1CCC(CNC(=O)N[C@@H](CC(=O)O)C(=O)O)CC1. The molecule has 0 bridgehead atoms. The van der Waals surface area contributed by atoms with Crippen molar-refractivity contribution in [1.29, 1.82) is 0 Å². The van der Waals surface area contributed by atoms with Crippen LogP contribution < -0.4 is 10.6 Å². The number of rotatable bonds is 7. The van der Waals surface area contributed by atoms with E-state index in [1.165, 1.54) is 0 Å². The van der Waals surface area contributed by atoms with E-state index in [4.69, 9.17) is 10.2 Å². The molecule has 120 valence electrons. The van der Waals surface area contributed by atoms with E-state index < -0.39 is 30.4 Å². The Bertz CT molecular complexity index is 380. The molecule has 0 aliphatic carbocycles. The molecule has 1 fully saturated rings. The second kappa shape index (κ2) is 8.46. The van der Waals surface area contributed by atoms with E-state index >= 15 is 0 Å². The molecule has 0 aromatic rings. The van der Waals surface area contributed by atoms with Crippen molar-refractivity contribution in [2.75, 3.05) is 26.2 Å². The van der Waals surface area contributed by atoms with E-state index in [2.05, 4.69) is 22.5 Å². The first kappa shape index (κ1) is 17.2. The average Bonchev–Trinajstić information content (AvgIpc) is 2.44. The van der Waals surface area contributed by atoms with Crippen LogP contribution >= 0.6 is 0 Å². The molecule has 21 heavy (non-hydrogen) atoms. The van der Waals surface area contributed by atoms with Gasteiger partial charge in [-0.05, 0) is 38.4 Å². The minimum Gasteiger partial charge on any atom is -0.481 e. The molecule has 0 aromatic carbocycles. The van der Waals surface area contributed by atoms with Gasteiger partial charge in [-0.2, -0.15) is 0 Å². The summed E-state index contributed by atoms with van der Waals surface area (Å²) in [7, 11) is 0. The highest BCUT2D eigenvalue weighted by Crippen LogP contribution is 2.15. The summed E-state index contributed by atoms with van der Waals surface area (Å²) >= 11 is 0. The van der Waals surface area contributed by atoms with Crippen LogP contribution in [0.5, 0.6) is 0 Å². The zero-order chi connectivity index (χ0) is 15.8. The summed E-state index contributed by atoms with van der Waals surface area (Å²) in [6, 6.07) is -2.05. The summed E-state index contributed by atoms with van der Waals surface area (Å²) in [5, 5.41) is 22.2. The quantitative estimate of drug-likeness (QED) is 0.523. The van der Waals surface area contributed by atoms with Crippen molar-refractivity contribution in [3.8, 4) is 0 Å². The second-order valence-electron chi connectivity index (χ2n) is 5.22. The summed E-state index contributed by atoms with van der Waals surface area (Å²) in [5.41, 5.74) is 0. The van der Waals surface area contributed by atoms with Crippen molar-refractivity contribution in [3.63, 3.8) is 0 Å². The summed E-state index contributed by atoms with van der Waals surface area (Å²) < 4.78 is 0. The van der Waals surface area contributed by atoms with Gasteiger partial charge in [-0.15, -0.1) is 0 Å². The van der Waals surface area contributed by atoms with Crippen LogP contribution in [-0.4, -0.2) is 65.3 Å². The molecule has 0 unspecified atom stereocenters. The number of hydrogen-bond donors (Lipinski definition) is 4. The summed E-state index contributed by atoms with van der Waals surface area (Å²) in [6.45, 7) is 5.61. The number of carboxylic acids is 2. The van der Waals surface area contributed by atoms with Crippen LogP contribution in [0.4, 0.5) is 4.79 Å². The van der Waals surface area contributed by atoms with Gasteiger partial charge in [0.15, 0.2) is 0 Å². The van der Waals surface area contributed by atoms with Gasteiger partial charge in [0.25, 0.3) is 0 Å². The van der Waals surface area contributed by atoms with Crippen LogP contribution in [0.2, 0.25) is 0 Å². The number of amides is 2. The number of hydrogen-bond acceptors (Lipinski definition) is 4. The molecular weight excluding hydrogens is 278 g/mol. The first-order valence-electron chi connectivity index (χ1n) is 7.13. The number of likely N-dealkylation sites (tertiary alicyclic amines) is 1. The van der Waals surface area contributed by atoms with Gasteiger partial charge < -0.3 is 25.7 Å². The van der Waals surface area contributed by atoms with E-state index in [0.717, 1.165) is 32.5 Å². The highest BCUT2D eigenvalue weighted by molar-refractivity contribution is 5.86. The van der Waals surface area contributed by atoms with Gasteiger partial charge in [-0.1, -0.05) is 6.92 Å². The number of aliphatic carboxylic acids is 2. The Morgan fingerprint density at radius 3 is 2.33 bits per heavy atom. The number of urea groups is 1. The molecule has 1 atom stereocenters. The van der Waals surface area contributed by atoms with Crippen molar-refractivity contribution in [1.82, 2.24) is 15.5 Å². The summed E-state index contributed by atoms with van der Waals surface area (Å²) in [5.74, 6) is -2.25. The van der Waals surface area contributed by atoms with Crippen LogP contribution in [-0.2, 0) is 9.59 Å². The maximum absolute atomic E-state index is 11.6. The fourth-order valence-corrected chi connectivity index (χ4v) is 2.33.